The van der Waals surface area contributed by atoms with Gasteiger partial charge in [0.1, 0.15) is 6.04 Å². The summed E-state index contributed by atoms with van der Waals surface area (Å²) in [5, 5.41) is 19.1. The number of nitrogens with one attached hydrogen (secondary N) is 1. The number of nitriles is 1. The summed E-state index contributed by atoms with van der Waals surface area (Å²) < 4.78 is 25.5. The average molecular weight is 296 g/mol. The number of sulfonamides is 1. The first kappa shape index (κ1) is 13.8. The maximum atomic E-state index is 11.9. The molecule has 1 atom stereocenters. The number of non-ortho nitro benzene ring substituents is 1. The lowest BCUT2D eigenvalue weighted by Crippen LogP contribution is -2.34. The molecule has 1 saturated heterocycles. The summed E-state index contributed by atoms with van der Waals surface area (Å²) in [6, 6.07) is 4.56. The van der Waals surface area contributed by atoms with Crippen LogP contribution in [0.5, 0.6) is 0 Å². The average Bonchev–Trinajstić information content (AvgIpc) is 3.18. The molecule has 10 heteroatoms. The summed E-state index contributed by atoms with van der Waals surface area (Å²) in [5.41, 5.74) is -0.401. The zero-order chi connectivity index (χ0) is 14.9. The molecule has 0 saturated carbocycles. The largest absolute Gasteiger partial charge is 0.332 e. The predicted molar refractivity (Wildman–Crippen MR) is 64.9 cm³/mol. The molecular weight excluding hydrogens is 288 g/mol. The van der Waals surface area contributed by atoms with Crippen LogP contribution in [0.15, 0.2) is 29.2 Å². The molecule has 0 bridgehead atoms. The Hall–Kier alpha value is -2.67. The fourth-order valence-electron chi connectivity index (χ4n) is 1.47. The number of urea groups is 1. The molecule has 2 rings (SSSR count). The molecule has 1 aliphatic rings. The molecule has 0 spiro atoms. The second kappa shape index (κ2) is 4.78. The van der Waals surface area contributed by atoms with Gasteiger partial charge in [-0.3, -0.25) is 10.1 Å². The Labute approximate surface area is 113 Å². The number of rotatable bonds is 3. The fourth-order valence-corrected chi connectivity index (χ4v) is 2.47. The van der Waals surface area contributed by atoms with Gasteiger partial charge in [0.25, 0.3) is 15.7 Å². The molecule has 20 heavy (non-hydrogen) atoms. The number of nitrogens with zero attached hydrogens (tertiary/aromatic N) is 3. The first-order valence-electron chi connectivity index (χ1n) is 5.32. The molecule has 9 nitrogen and oxygen atoms in total. The Morgan fingerprint density at radius 2 is 2.25 bits per heavy atom. The Balaban J connectivity index is 2.19. The quantitative estimate of drug-likeness (QED) is 0.481. The molecule has 0 aromatic heterocycles. The fraction of sp³-hybridized carbons (Fsp3) is 0.200. The van der Waals surface area contributed by atoms with Crippen LogP contribution in [0.3, 0.4) is 0 Å². The number of carbonyl (C=O) groups excluding carboxylic acids is 1. The molecule has 1 unspecified atom stereocenters. The Morgan fingerprint density at radius 1 is 1.55 bits per heavy atom. The summed E-state index contributed by atoms with van der Waals surface area (Å²) in [6.45, 7) is 0.160. The summed E-state index contributed by atoms with van der Waals surface area (Å²) in [6.07, 6.45) is 0. The van der Waals surface area contributed by atoms with Gasteiger partial charge in [0.15, 0.2) is 0 Å². The van der Waals surface area contributed by atoms with Crippen LogP contribution >= 0.6 is 0 Å². The number of nitro groups is 1. The lowest BCUT2D eigenvalue weighted by atomic mass is 10.3. The van der Waals surface area contributed by atoms with Crippen molar-refractivity contribution >= 4 is 21.7 Å². The van der Waals surface area contributed by atoms with E-state index < -0.39 is 37.6 Å². The number of nitro benzene ring substituents is 1. The van der Waals surface area contributed by atoms with E-state index in [0.29, 0.717) is 0 Å². The van der Waals surface area contributed by atoms with Crippen LogP contribution < -0.4 is 4.72 Å². The number of carbonyl (C=O) groups is 1. The molecule has 1 fully saturated rings. The highest BCUT2D eigenvalue weighted by Gasteiger charge is 2.40. The maximum Gasteiger partial charge on any atom is 0.332 e. The van der Waals surface area contributed by atoms with Crippen molar-refractivity contribution in [2.75, 3.05) is 6.54 Å². The lowest BCUT2D eigenvalue weighted by molar-refractivity contribution is -0.385. The summed E-state index contributed by atoms with van der Waals surface area (Å²) >= 11 is 0. The minimum atomic E-state index is -4.21. The first-order chi connectivity index (χ1) is 9.35. The third kappa shape index (κ3) is 2.67. The second-order valence-electron chi connectivity index (χ2n) is 3.96. The summed E-state index contributed by atoms with van der Waals surface area (Å²) in [7, 11) is -4.21. The van der Waals surface area contributed by atoms with Gasteiger partial charge in [-0.15, -0.1) is 0 Å². The highest BCUT2D eigenvalue weighted by atomic mass is 32.2. The Bertz CT molecular complexity index is 723. The molecule has 0 radical (unpaired) electrons. The number of hydrogen-bond donors (Lipinski definition) is 1. The number of benzene rings is 1. The number of hydrogen-bond acceptors (Lipinski definition) is 6. The Morgan fingerprint density at radius 3 is 2.80 bits per heavy atom. The van der Waals surface area contributed by atoms with Crippen molar-refractivity contribution in [1.82, 2.24) is 9.62 Å². The van der Waals surface area contributed by atoms with E-state index in [0.717, 1.165) is 23.1 Å². The molecule has 1 aromatic carbocycles. The smallest absolute Gasteiger partial charge is 0.303 e. The zero-order valence-electron chi connectivity index (χ0n) is 9.88. The third-order valence-electron chi connectivity index (χ3n) is 2.58. The highest BCUT2D eigenvalue weighted by molar-refractivity contribution is 7.90. The minimum Gasteiger partial charge on any atom is -0.303 e. The van der Waals surface area contributed by atoms with E-state index >= 15 is 0 Å². The van der Waals surface area contributed by atoms with E-state index in [1.54, 1.807) is 10.8 Å². The molecule has 1 N–H and O–H groups in total. The van der Waals surface area contributed by atoms with Crippen molar-refractivity contribution in [1.29, 1.82) is 5.26 Å². The van der Waals surface area contributed by atoms with E-state index in [2.05, 4.69) is 0 Å². The van der Waals surface area contributed by atoms with Crippen LogP contribution in [0.1, 0.15) is 0 Å². The second-order valence-corrected chi connectivity index (χ2v) is 5.64. The number of amides is 2. The van der Waals surface area contributed by atoms with Crippen LogP contribution in [-0.4, -0.2) is 36.9 Å². The lowest BCUT2D eigenvalue weighted by Gasteiger charge is -2.07. The summed E-state index contributed by atoms with van der Waals surface area (Å²) in [4.78, 5) is 22.0. The van der Waals surface area contributed by atoms with E-state index in [1.807, 2.05) is 0 Å². The molecular formula is C10H8N4O5S. The van der Waals surface area contributed by atoms with Crippen molar-refractivity contribution in [2.24, 2.45) is 0 Å². The molecule has 1 aromatic rings. The molecule has 0 aliphatic carbocycles. The Kier molecular flexibility index (Phi) is 3.29. The van der Waals surface area contributed by atoms with Gasteiger partial charge in [0, 0.05) is 12.1 Å². The molecule has 1 aliphatic heterocycles. The van der Waals surface area contributed by atoms with Crippen LogP contribution in [0.4, 0.5) is 10.5 Å². The molecule has 2 amide bonds. The third-order valence-corrected chi connectivity index (χ3v) is 3.90. The highest BCUT2D eigenvalue weighted by Crippen LogP contribution is 2.19. The van der Waals surface area contributed by atoms with Gasteiger partial charge in [-0.1, -0.05) is 6.07 Å². The topological polar surface area (TPSA) is 133 Å². The van der Waals surface area contributed by atoms with Gasteiger partial charge in [0.2, 0.25) is 0 Å². The molecule has 104 valence electrons. The van der Waals surface area contributed by atoms with Gasteiger partial charge >= 0.3 is 6.03 Å². The standard InChI is InChI=1S/C10H8N4O5S/c11-5-8-6-13(8)10(15)12-20(18,19)9-3-1-2-7(4-9)14(16)17/h1-4,8H,6H2,(H,12,15). The minimum absolute atomic E-state index is 0.160. The van der Waals surface area contributed by atoms with Crippen molar-refractivity contribution < 1.29 is 18.1 Å². The van der Waals surface area contributed by atoms with E-state index in [1.165, 1.54) is 6.07 Å². The van der Waals surface area contributed by atoms with Crippen LogP contribution in [0.2, 0.25) is 0 Å². The van der Waals surface area contributed by atoms with E-state index in [9.17, 15) is 23.3 Å². The van der Waals surface area contributed by atoms with Crippen LogP contribution in [0.25, 0.3) is 0 Å². The zero-order valence-corrected chi connectivity index (χ0v) is 10.7. The monoisotopic (exact) mass is 296 g/mol. The van der Waals surface area contributed by atoms with Crippen molar-refractivity contribution in [3.8, 4) is 6.07 Å². The predicted octanol–water partition coefficient (Wildman–Crippen LogP) is 0.201. The maximum absolute atomic E-state index is 11.9. The first-order valence-corrected chi connectivity index (χ1v) is 6.81. The normalized spacial score (nSPS) is 17.1. The van der Waals surface area contributed by atoms with E-state index in [-0.39, 0.29) is 6.54 Å². The van der Waals surface area contributed by atoms with Gasteiger partial charge in [0.05, 0.1) is 22.4 Å². The van der Waals surface area contributed by atoms with Crippen molar-refractivity contribution in [2.45, 2.75) is 10.9 Å². The SMILES string of the molecule is N#CC1CN1C(=O)NS(=O)(=O)c1cccc([N+](=O)[O-])c1. The molecule has 1 heterocycles. The van der Waals surface area contributed by atoms with E-state index in [4.69, 9.17) is 5.26 Å². The van der Waals surface area contributed by atoms with Gasteiger partial charge in [-0.25, -0.2) is 17.9 Å². The summed E-state index contributed by atoms with van der Waals surface area (Å²) in [5.74, 6) is 0. The van der Waals surface area contributed by atoms with Gasteiger partial charge in [-0.05, 0) is 6.07 Å². The van der Waals surface area contributed by atoms with Crippen molar-refractivity contribution in [3.05, 3.63) is 34.4 Å². The van der Waals surface area contributed by atoms with Crippen molar-refractivity contribution in [3.63, 3.8) is 0 Å². The van der Waals surface area contributed by atoms with Crippen LogP contribution in [-0.2, 0) is 10.0 Å². The van der Waals surface area contributed by atoms with Gasteiger partial charge < -0.3 is 4.90 Å². The van der Waals surface area contributed by atoms with Gasteiger partial charge in [-0.2, -0.15) is 5.26 Å². The van der Waals surface area contributed by atoms with Crippen LogP contribution in [0, 0.1) is 21.4 Å².